The fourth-order valence-corrected chi connectivity index (χ4v) is 10.4. The summed E-state index contributed by atoms with van der Waals surface area (Å²) < 4.78 is 15.6. The molecule has 42 heavy (non-hydrogen) atoms. The van der Waals surface area contributed by atoms with E-state index in [4.69, 9.17) is 0 Å². The van der Waals surface area contributed by atoms with Crippen molar-refractivity contribution >= 4 is 23.1 Å². The van der Waals surface area contributed by atoms with Gasteiger partial charge in [0.2, 0.25) is 0 Å². The van der Waals surface area contributed by atoms with Gasteiger partial charge >= 0.3 is 0 Å². The molecule has 0 aliphatic heterocycles. The van der Waals surface area contributed by atoms with Crippen molar-refractivity contribution in [1.29, 1.82) is 0 Å². The summed E-state index contributed by atoms with van der Waals surface area (Å²) in [5.41, 5.74) is 9.60. The van der Waals surface area contributed by atoms with Gasteiger partial charge in [0.25, 0.3) is 0 Å². The number of benzene rings is 6. The third kappa shape index (κ3) is 3.18. The predicted octanol–water partition coefficient (Wildman–Crippen LogP) is 8.33. The molecule has 2 aliphatic rings. The smallest absolute Gasteiger partial charge is 0.171 e. The van der Waals surface area contributed by atoms with E-state index in [9.17, 15) is 0 Å². The molecule has 6 aromatic carbocycles. The Labute approximate surface area is 247 Å². The highest BCUT2D eigenvalue weighted by Crippen LogP contribution is 2.62. The predicted molar refractivity (Wildman–Crippen MR) is 175 cm³/mol. The number of hydrogen-bond acceptors (Lipinski definition) is 1. The Bertz CT molecular complexity index is 1950. The molecule has 2 aliphatic carbocycles. The molecule has 6 aromatic rings. The number of fused-ring (bicyclic) bond motifs is 9. The fourth-order valence-electron chi connectivity index (χ4n) is 7.77. The van der Waals surface area contributed by atoms with Crippen molar-refractivity contribution in [2.75, 3.05) is 0 Å². The second-order valence-corrected chi connectivity index (χ2v) is 14.8. The van der Waals surface area contributed by atoms with Gasteiger partial charge in [-0.15, -0.1) is 0 Å². The molecule has 0 aromatic heterocycles. The van der Waals surface area contributed by atoms with Gasteiger partial charge in [-0.2, -0.15) is 0 Å². The van der Waals surface area contributed by atoms with Crippen LogP contribution in [0.15, 0.2) is 152 Å². The zero-order valence-electron chi connectivity index (χ0n) is 23.8. The van der Waals surface area contributed by atoms with Gasteiger partial charge in [-0.3, -0.25) is 0 Å². The van der Waals surface area contributed by atoms with Crippen molar-refractivity contribution in [3.63, 3.8) is 0 Å². The van der Waals surface area contributed by atoms with Crippen LogP contribution < -0.4 is 15.9 Å². The van der Waals surface area contributed by atoms with Crippen molar-refractivity contribution in [2.24, 2.45) is 0 Å². The lowest BCUT2D eigenvalue weighted by Gasteiger charge is -2.46. The molecule has 202 valence electrons. The molecule has 0 unspecified atom stereocenters. The highest BCUT2D eigenvalue weighted by atomic mass is 31.2. The van der Waals surface area contributed by atoms with Crippen molar-refractivity contribution in [2.45, 2.75) is 24.7 Å². The highest BCUT2D eigenvalue weighted by Gasteiger charge is 2.53. The maximum atomic E-state index is 15.6. The Morgan fingerprint density at radius 1 is 0.405 bits per heavy atom. The molecule has 0 radical (unpaired) electrons. The minimum atomic E-state index is -3.17. The number of rotatable bonds is 3. The summed E-state index contributed by atoms with van der Waals surface area (Å²) in [4.78, 5) is 0. The van der Waals surface area contributed by atoms with Crippen LogP contribution in [0.25, 0.3) is 11.1 Å². The van der Waals surface area contributed by atoms with Gasteiger partial charge in [0.05, 0.1) is 5.41 Å². The van der Waals surface area contributed by atoms with E-state index >= 15 is 4.57 Å². The molecule has 2 heteroatoms. The van der Waals surface area contributed by atoms with E-state index in [1.807, 2.05) is 60.7 Å². The van der Waals surface area contributed by atoms with E-state index < -0.39 is 12.6 Å². The van der Waals surface area contributed by atoms with Crippen LogP contribution in [0.4, 0.5) is 0 Å². The Morgan fingerprint density at radius 3 is 1.38 bits per heavy atom. The summed E-state index contributed by atoms with van der Waals surface area (Å²) in [7, 11) is -3.17. The van der Waals surface area contributed by atoms with Crippen molar-refractivity contribution in [1.82, 2.24) is 0 Å². The summed E-state index contributed by atoms with van der Waals surface area (Å²) in [6.07, 6.45) is 0. The molecule has 0 heterocycles. The molecule has 1 spiro atoms. The summed E-state index contributed by atoms with van der Waals surface area (Å²) in [6.45, 7) is 4.68. The van der Waals surface area contributed by atoms with Gasteiger partial charge in [0.1, 0.15) is 0 Å². The first-order valence-corrected chi connectivity index (χ1v) is 16.4. The van der Waals surface area contributed by atoms with Gasteiger partial charge in [-0.05, 0) is 50.6 Å². The van der Waals surface area contributed by atoms with Crippen molar-refractivity contribution in [3.8, 4) is 11.1 Å². The molecule has 0 fully saturated rings. The minimum absolute atomic E-state index is 0.156. The SMILES string of the molecule is CC1(C)c2ccccc2C2(c3ccccc3-c3ccc(P(=O)(c4ccccc4)c4ccccc4)cc32)c2ccccc21. The third-order valence-corrected chi connectivity index (χ3v) is 12.7. The normalized spacial score (nSPS) is 15.4. The third-order valence-electron chi connectivity index (χ3n) is 9.64. The van der Waals surface area contributed by atoms with E-state index in [0.717, 1.165) is 15.9 Å². The first kappa shape index (κ1) is 25.3. The molecule has 1 nitrogen and oxygen atoms in total. The quantitative estimate of drug-likeness (QED) is 0.199. The summed E-state index contributed by atoms with van der Waals surface area (Å²) in [5.74, 6) is 0. The maximum Gasteiger partial charge on any atom is 0.171 e. The zero-order chi connectivity index (χ0) is 28.5. The molecule has 8 rings (SSSR count). The Kier molecular flexibility index (Phi) is 5.43. The van der Waals surface area contributed by atoms with Gasteiger partial charge < -0.3 is 4.57 Å². The van der Waals surface area contributed by atoms with Gasteiger partial charge in [-0.1, -0.05) is 159 Å². The minimum Gasteiger partial charge on any atom is -0.309 e. The second kappa shape index (κ2) is 9.02. The molecule has 0 N–H and O–H groups in total. The lowest BCUT2D eigenvalue weighted by molar-refractivity contribution is 0.563. The zero-order valence-corrected chi connectivity index (χ0v) is 24.7. The average Bonchev–Trinajstić information content (AvgIpc) is 3.35. The Morgan fingerprint density at radius 2 is 0.833 bits per heavy atom. The summed E-state index contributed by atoms with van der Waals surface area (Å²) in [5, 5.41) is 2.57. The topological polar surface area (TPSA) is 17.1 Å². The summed E-state index contributed by atoms with van der Waals surface area (Å²) in [6, 6.07) is 53.4. The average molecular weight is 559 g/mol. The second-order valence-electron chi connectivity index (χ2n) is 12.0. The molecule has 0 atom stereocenters. The van der Waals surface area contributed by atoms with Crippen LogP contribution in [0.5, 0.6) is 0 Å². The van der Waals surface area contributed by atoms with Crippen LogP contribution >= 0.6 is 7.14 Å². The molecular formula is C40H31OP. The lowest BCUT2D eigenvalue weighted by Crippen LogP contribution is -2.41. The lowest BCUT2D eigenvalue weighted by atomic mass is 9.55. The standard InChI is InChI=1S/C40H31OP/c1-39(2)34-21-11-13-23-36(34)40(37-24-14-12-22-35(37)39)33-20-10-9-19-31(33)32-26-25-30(27-38(32)40)42(41,28-15-5-3-6-16-28)29-17-7-4-8-18-29/h3-27H,1-2H3. The number of hydrogen-bond donors (Lipinski definition) is 0. The fraction of sp³-hybridized carbons (Fsp3) is 0.100. The highest BCUT2D eigenvalue weighted by molar-refractivity contribution is 7.85. The van der Waals surface area contributed by atoms with Crippen LogP contribution in [-0.2, 0) is 15.4 Å². The van der Waals surface area contributed by atoms with E-state index in [1.165, 1.54) is 44.5 Å². The van der Waals surface area contributed by atoms with Crippen molar-refractivity contribution in [3.05, 3.63) is 185 Å². The van der Waals surface area contributed by atoms with Crippen LogP contribution in [0.1, 0.15) is 47.2 Å². The van der Waals surface area contributed by atoms with E-state index in [-0.39, 0.29) is 5.41 Å². The van der Waals surface area contributed by atoms with E-state index in [2.05, 4.69) is 105 Å². The van der Waals surface area contributed by atoms with Crippen LogP contribution in [-0.4, -0.2) is 0 Å². The van der Waals surface area contributed by atoms with Gasteiger partial charge in [0, 0.05) is 21.3 Å². The van der Waals surface area contributed by atoms with Crippen molar-refractivity contribution < 1.29 is 4.57 Å². The van der Waals surface area contributed by atoms with Crippen LogP contribution in [0.2, 0.25) is 0 Å². The van der Waals surface area contributed by atoms with E-state index in [1.54, 1.807) is 0 Å². The largest absolute Gasteiger partial charge is 0.309 e. The van der Waals surface area contributed by atoms with Gasteiger partial charge in [-0.25, -0.2) is 0 Å². The maximum absolute atomic E-state index is 15.6. The van der Waals surface area contributed by atoms with Crippen LogP contribution in [0.3, 0.4) is 0 Å². The molecule has 0 amide bonds. The first-order chi connectivity index (χ1) is 20.5. The first-order valence-electron chi connectivity index (χ1n) is 14.6. The molecular weight excluding hydrogens is 527 g/mol. The Hall–Kier alpha value is -4.45. The van der Waals surface area contributed by atoms with Gasteiger partial charge in [0.15, 0.2) is 7.14 Å². The monoisotopic (exact) mass is 558 g/mol. The molecule has 0 saturated carbocycles. The van der Waals surface area contributed by atoms with E-state index in [0.29, 0.717) is 0 Å². The molecule has 0 saturated heterocycles. The molecule has 0 bridgehead atoms. The van der Waals surface area contributed by atoms with Crippen LogP contribution in [0, 0.1) is 0 Å². The summed E-state index contributed by atoms with van der Waals surface area (Å²) >= 11 is 0. The Balaban J connectivity index is 1.51.